The van der Waals surface area contributed by atoms with Crippen LogP contribution in [0.1, 0.15) is 18.1 Å². The van der Waals surface area contributed by atoms with Crippen LogP contribution in [0.3, 0.4) is 0 Å². The summed E-state index contributed by atoms with van der Waals surface area (Å²) in [5.74, 6) is 0.678. The van der Waals surface area contributed by atoms with Gasteiger partial charge in [0, 0.05) is 17.6 Å². The van der Waals surface area contributed by atoms with Crippen LogP contribution in [0, 0.1) is 0 Å². The molecule has 0 heterocycles. The van der Waals surface area contributed by atoms with Crippen molar-refractivity contribution in [1.29, 1.82) is 0 Å². The van der Waals surface area contributed by atoms with Crippen LogP contribution < -0.4 is 15.8 Å². The average molecular weight is 333 g/mol. The second-order valence-corrected chi connectivity index (χ2v) is 5.88. The Morgan fingerprint density at radius 1 is 1.22 bits per heavy atom. The molecule has 23 heavy (non-hydrogen) atoms. The van der Waals surface area contributed by atoms with Gasteiger partial charge in [0.25, 0.3) is 0 Å². The van der Waals surface area contributed by atoms with Gasteiger partial charge in [-0.2, -0.15) is 0 Å². The van der Waals surface area contributed by atoms with E-state index in [0.29, 0.717) is 24.6 Å². The van der Waals surface area contributed by atoms with Crippen LogP contribution in [-0.2, 0) is 17.8 Å². The van der Waals surface area contributed by atoms with Gasteiger partial charge in [-0.1, -0.05) is 35.9 Å². The van der Waals surface area contributed by atoms with E-state index in [2.05, 4.69) is 5.32 Å². The van der Waals surface area contributed by atoms with E-state index in [1.165, 1.54) is 0 Å². The highest BCUT2D eigenvalue weighted by atomic mass is 35.5. The van der Waals surface area contributed by atoms with Gasteiger partial charge in [-0.25, -0.2) is 0 Å². The molecule has 2 aromatic rings. The molecule has 0 aromatic heterocycles. The van der Waals surface area contributed by atoms with Crippen LogP contribution in [-0.4, -0.2) is 18.5 Å². The quantitative estimate of drug-likeness (QED) is 0.819. The van der Waals surface area contributed by atoms with E-state index in [9.17, 15) is 4.79 Å². The highest BCUT2D eigenvalue weighted by molar-refractivity contribution is 6.30. The number of rotatable bonds is 7. The van der Waals surface area contributed by atoms with Crippen molar-refractivity contribution in [3.63, 3.8) is 0 Å². The fourth-order valence-electron chi connectivity index (χ4n) is 2.11. The molecule has 0 aliphatic heterocycles. The lowest BCUT2D eigenvalue weighted by atomic mass is 10.1. The number of nitrogens with two attached hydrogens (primary N) is 1. The summed E-state index contributed by atoms with van der Waals surface area (Å²) in [5.41, 5.74) is 7.40. The Kier molecular flexibility index (Phi) is 6.44. The van der Waals surface area contributed by atoms with Crippen LogP contribution in [0.5, 0.6) is 5.75 Å². The number of amides is 1. The zero-order valence-electron chi connectivity index (χ0n) is 13.1. The molecular formula is C18H21ClN2O2. The van der Waals surface area contributed by atoms with E-state index in [-0.39, 0.29) is 11.9 Å². The topological polar surface area (TPSA) is 64.3 Å². The number of nitrogens with one attached hydrogen (secondary N) is 1. The van der Waals surface area contributed by atoms with E-state index in [1.807, 2.05) is 55.5 Å². The molecule has 0 unspecified atom stereocenters. The molecule has 0 saturated heterocycles. The fraction of sp³-hybridized carbons (Fsp3) is 0.278. The van der Waals surface area contributed by atoms with Gasteiger partial charge >= 0.3 is 0 Å². The molecule has 0 bridgehead atoms. The van der Waals surface area contributed by atoms with Crippen molar-refractivity contribution in [3.05, 3.63) is 64.7 Å². The zero-order chi connectivity index (χ0) is 16.7. The van der Waals surface area contributed by atoms with Crippen molar-refractivity contribution >= 4 is 17.5 Å². The van der Waals surface area contributed by atoms with Gasteiger partial charge in [-0.3, -0.25) is 4.79 Å². The van der Waals surface area contributed by atoms with Crippen molar-refractivity contribution in [2.24, 2.45) is 5.73 Å². The maximum Gasteiger partial charge on any atom is 0.224 e. The molecule has 1 amide bonds. The maximum atomic E-state index is 11.9. The second kappa shape index (κ2) is 8.56. The van der Waals surface area contributed by atoms with E-state index in [0.717, 1.165) is 16.9 Å². The third-order valence-electron chi connectivity index (χ3n) is 3.32. The van der Waals surface area contributed by atoms with Crippen LogP contribution in [0.4, 0.5) is 0 Å². The third-order valence-corrected chi connectivity index (χ3v) is 3.55. The van der Waals surface area contributed by atoms with Gasteiger partial charge < -0.3 is 15.8 Å². The van der Waals surface area contributed by atoms with Crippen molar-refractivity contribution < 1.29 is 9.53 Å². The number of hydrogen-bond acceptors (Lipinski definition) is 3. The Morgan fingerprint density at radius 3 is 2.70 bits per heavy atom. The molecule has 0 aliphatic carbocycles. The number of carbonyl (C=O) groups is 1. The number of hydrogen-bond donors (Lipinski definition) is 2. The summed E-state index contributed by atoms with van der Waals surface area (Å²) in [7, 11) is 0. The first kappa shape index (κ1) is 17.3. The number of benzene rings is 2. The van der Waals surface area contributed by atoms with E-state index in [4.69, 9.17) is 22.1 Å². The second-order valence-electron chi connectivity index (χ2n) is 5.45. The molecule has 2 rings (SSSR count). The SMILES string of the molecule is C[C@@H](CN)NC(=O)Cc1cccc(OCc2cccc(Cl)c2)c1. The summed E-state index contributed by atoms with van der Waals surface area (Å²) in [4.78, 5) is 11.9. The summed E-state index contributed by atoms with van der Waals surface area (Å²) in [6.07, 6.45) is 0.304. The van der Waals surface area contributed by atoms with Gasteiger partial charge in [0.1, 0.15) is 12.4 Å². The Labute approximate surface area is 141 Å². The lowest BCUT2D eigenvalue weighted by Gasteiger charge is -2.12. The highest BCUT2D eigenvalue weighted by Gasteiger charge is 2.07. The van der Waals surface area contributed by atoms with E-state index >= 15 is 0 Å². The molecule has 4 nitrogen and oxygen atoms in total. The minimum atomic E-state index is -0.0464. The van der Waals surface area contributed by atoms with E-state index in [1.54, 1.807) is 0 Å². The van der Waals surface area contributed by atoms with Gasteiger partial charge in [-0.15, -0.1) is 0 Å². The predicted octanol–water partition coefficient (Wildman–Crippen LogP) is 2.92. The lowest BCUT2D eigenvalue weighted by Crippen LogP contribution is -2.38. The standard InChI is InChI=1S/C18H21ClN2O2/c1-13(11-20)21-18(22)10-14-4-3-7-17(9-14)23-12-15-5-2-6-16(19)8-15/h2-9,13H,10-12,20H2,1H3,(H,21,22)/t13-/m0/s1. The monoisotopic (exact) mass is 332 g/mol. The summed E-state index contributed by atoms with van der Waals surface area (Å²) in [6, 6.07) is 15.0. The largest absolute Gasteiger partial charge is 0.489 e. The minimum absolute atomic E-state index is 0.0234. The van der Waals surface area contributed by atoms with Crippen LogP contribution in [0.2, 0.25) is 5.02 Å². The first-order valence-electron chi connectivity index (χ1n) is 7.52. The number of carbonyl (C=O) groups excluding carboxylic acids is 1. The van der Waals surface area contributed by atoms with Gasteiger partial charge in [-0.05, 0) is 42.3 Å². The van der Waals surface area contributed by atoms with Crippen LogP contribution in [0.25, 0.3) is 0 Å². The molecule has 0 fully saturated rings. The first-order valence-corrected chi connectivity index (χ1v) is 7.90. The molecule has 0 aliphatic rings. The maximum absolute atomic E-state index is 11.9. The Hall–Kier alpha value is -2.04. The number of halogens is 1. The van der Waals surface area contributed by atoms with E-state index < -0.39 is 0 Å². The molecule has 122 valence electrons. The third kappa shape index (κ3) is 5.93. The van der Waals surface area contributed by atoms with Crippen molar-refractivity contribution in [2.75, 3.05) is 6.54 Å². The Balaban J connectivity index is 1.93. The van der Waals surface area contributed by atoms with Crippen molar-refractivity contribution in [2.45, 2.75) is 26.0 Å². The summed E-state index contributed by atoms with van der Waals surface area (Å²) in [6.45, 7) is 2.73. The Bertz CT molecular complexity index is 661. The molecule has 0 saturated carbocycles. The Morgan fingerprint density at radius 2 is 1.96 bits per heavy atom. The molecule has 0 spiro atoms. The molecule has 3 N–H and O–H groups in total. The summed E-state index contributed by atoms with van der Waals surface area (Å²) < 4.78 is 5.76. The van der Waals surface area contributed by atoms with Crippen molar-refractivity contribution in [3.8, 4) is 5.75 Å². The molecule has 2 aromatic carbocycles. The first-order chi connectivity index (χ1) is 11.1. The average Bonchev–Trinajstić information content (AvgIpc) is 2.53. The summed E-state index contributed by atoms with van der Waals surface area (Å²) >= 11 is 5.95. The minimum Gasteiger partial charge on any atom is -0.489 e. The van der Waals surface area contributed by atoms with Gasteiger partial charge in [0.15, 0.2) is 0 Å². The normalized spacial score (nSPS) is 11.8. The predicted molar refractivity (Wildman–Crippen MR) is 92.6 cm³/mol. The van der Waals surface area contributed by atoms with Crippen LogP contribution >= 0.6 is 11.6 Å². The fourth-order valence-corrected chi connectivity index (χ4v) is 2.32. The molecule has 0 radical (unpaired) electrons. The smallest absolute Gasteiger partial charge is 0.224 e. The lowest BCUT2D eigenvalue weighted by molar-refractivity contribution is -0.120. The van der Waals surface area contributed by atoms with Crippen molar-refractivity contribution in [1.82, 2.24) is 5.32 Å². The number of ether oxygens (including phenoxy) is 1. The van der Waals surface area contributed by atoms with Gasteiger partial charge in [0.2, 0.25) is 5.91 Å². The molecule has 1 atom stereocenters. The molecule has 5 heteroatoms. The summed E-state index contributed by atoms with van der Waals surface area (Å²) in [5, 5.41) is 3.53. The highest BCUT2D eigenvalue weighted by Crippen LogP contribution is 2.17. The van der Waals surface area contributed by atoms with Crippen LogP contribution in [0.15, 0.2) is 48.5 Å². The van der Waals surface area contributed by atoms with Gasteiger partial charge in [0.05, 0.1) is 6.42 Å². The zero-order valence-corrected chi connectivity index (χ0v) is 13.8. The molecular weight excluding hydrogens is 312 g/mol.